The van der Waals surface area contributed by atoms with Crippen molar-refractivity contribution in [2.75, 3.05) is 19.7 Å². The second-order valence-electron chi connectivity index (χ2n) is 16.0. The topological polar surface area (TPSA) is 140 Å². The first kappa shape index (κ1) is 30.0. The van der Waals surface area contributed by atoms with Gasteiger partial charge in [-0.1, -0.05) is 13.8 Å². The number of aliphatic hydroxyl groups is 5. The zero-order chi connectivity index (χ0) is 29.7. The third-order valence-electron chi connectivity index (χ3n) is 14.0. The Labute approximate surface area is 249 Å². The van der Waals surface area contributed by atoms with Gasteiger partial charge in [0.25, 0.3) is 0 Å². The van der Waals surface area contributed by atoms with Crippen molar-refractivity contribution in [1.82, 2.24) is 4.90 Å². The van der Waals surface area contributed by atoms with Gasteiger partial charge in [0.15, 0.2) is 6.29 Å². The van der Waals surface area contributed by atoms with Gasteiger partial charge in [-0.3, -0.25) is 9.69 Å². The lowest BCUT2D eigenvalue weighted by Gasteiger charge is -2.59. The van der Waals surface area contributed by atoms with Crippen LogP contribution in [0.15, 0.2) is 0 Å². The molecule has 3 heterocycles. The fourth-order valence-corrected chi connectivity index (χ4v) is 11.8. The van der Waals surface area contributed by atoms with E-state index in [1.807, 2.05) is 0 Å². The summed E-state index contributed by atoms with van der Waals surface area (Å²) in [5, 5.41) is 52.4. The lowest BCUT2D eigenvalue weighted by Crippen LogP contribution is -2.67. The van der Waals surface area contributed by atoms with E-state index < -0.39 is 42.9 Å². The number of nitrogens with zero attached hydrogens (tertiary/aromatic N) is 1. The number of Topliss-reactive ketones (excluding diaryl/α,β-unsaturated/α-hetero) is 1. The fraction of sp³-hybridized carbons (Fsp3) is 0.970. The maximum Gasteiger partial charge on any atom is 0.186 e. The lowest BCUT2D eigenvalue weighted by molar-refractivity contribution is -0.315. The van der Waals surface area contributed by atoms with Crippen molar-refractivity contribution in [1.29, 1.82) is 0 Å². The van der Waals surface area contributed by atoms with Gasteiger partial charge in [0.2, 0.25) is 0 Å². The highest BCUT2D eigenvalue weighted by atomic mass is 16.7. The first-order chi connectivity index (χ1) is 19.9. The summed E-state index contributed by atoms with van der Waals surface area (Å²) in [6.07, 6.45) is 1.67. The van der Waals surface area contributed by atoms with Crippen LogP contribution in [-0.4, -0.2) is 104 Å². The monoisotopic (exact) mass is 591 g/mol. The molecular formula is C33H53NO8. The zero-order valence-corrected chi connectivity index (χ0v) is 25.6. The van der Waals surface area contributed by atoms with Crippen LogP contribution in [-0.2, 0) is 14.3 Å². The smallest absolute Gasteiger partial charge is 0.186 e. The molecule has 238 valence electrons. The number of piperidine rings is 2. The number of hydrogen-bond donors (Lipinski definition) is 5. The van der Waals surface area contributed by atoms with Crippen LogP contribution in [0, 0.1) is 52.8 Å². The van der Waals surface area contributed by atoms with Gasteiger partial charge in [-0.05, 0) is 105 Å². The summed E-state index contributed by atoms with van der Waals surface area (Å²) in [5.41, 5.74) is -0.745. The Morgan fingerprint density at radius 2 is 1.69 bits per heavy atom. The van der Waals surface area contributed by atoms with Gasteiger partial charge >= 0.3 is 0 Å². The van der Waals surface area contributed by atoms with Crippen molar-refractivity contribution in [3.63, 3.8) is 0 Å². The van der Waals surface area contributed by atoms with E-state index in [0.717, 1.165) is 51.6 Å². The summed E-state index contributed by atoms with van der Waals surface area (Å²) in [7, 11) is 0. The molecule has 42 heavy (non-hydrogen) atoms. The summed E-state index contributed by atoms with van der Waals surface area (Å²) in [5.74, 6) is 3.79. The Morgan fingerprint density at radius 1 is 0.905 bits per heavy atom. The summed E-state index contributed by atoms with van der Waals surface area (Å²) < 4.78 is 11.8. The molecule has 17 atom stereocenters. The molecule has 4 aliphatic carbocycles. The van der Waals surface area contributed by atoms with Crippen LogP contribution in [0.4, 0.5) is 0 Å². The molecule has 5 N–H and O–H groups in total. The molecule has 7 fully saturated rings. The number of fused-ring (bicyclic) bond motifs is 8. The van der Waals surface area contributed by atoms with Gasteiger partial charge in [0, 0.05) is 31.5 Å². The Kier molecular flexibility index (Phi) is 7.66. The molecule has 3 saturated heterocycles. The first-order valence-corrected chi connectivity index (χ1v) is 16.9. The highest BCUT2D eigenvalue weighted by Crippen LogP contribution is 2.66. The van der Waals surface area contributed by atoms with Gasteiger partial charge in [-0.2, -0.15) is 0 Å². The molecule has 0 spiro atoms. The minimum atomic E-state index is -1.47. The van der Waals surface area contributed by atoms with Crippen LogP contribution in [0.3, 0.4) is 0 Å². The molecule has 0 amide bonds. The molecule has 0 radical (unpaired) electrons. The summed E-state index contributed by atoms with van der Waals surface area (Å²) in [4.78, 5) is 16.5. The summed E-state index contributed by atoms with van der Waals surface area (Å²) in [6, 6.07) is 0.276. The third kappa shape index (κ3) is 4.50. The Bertz CT molecular complexity index is 1040. The van der Waals surface area contributed by atoms with E-state index >= 15 is 0 Å². The molecule has 0 aromatic carbocycles. The third-order valence-corrected chi connectivity index (χ3v) is 14.0. The quantitative estimate of drug-likeness (QED) is 0.310. The number of carbonyl (C=O) groups is 1. The van der Waals surface area contributed by atoms with Crippen molar-refractivity contribution in [3.8, 4) is 0 Å². The number of carbonyl (C=O) groups excluding carboxylic acids is 1. The second-order valence-corrected chi connectivity index (χ2v) is 16.0. The van der Waals surface area contributed by atoms with Crippen LogP contribution >= 0.6 is 0 Å². The molecule has 9 heteroatoms. The molecule has 4 saturated carbocycles. The molecular weight excluding hydrogens is 538 g/mol. The molecule has 9 nitrogen and oxygen atoms in total. The van der Waals surface area contributed by atoms with Gasteiger partial charge in [-0.15, -0.1) is 0 Å². The largest absolute Gasteiger partial charge is 0.394 e. The standard InChI is InChI=1S/C33H53NO8/c1-16-4-7-27-33(3,40)22-6-5-18-19(21(22)14-34(27)13-16)11-23-20(18)12-25(36)24-10-17(8-9-32(23,24)2)41-31-30(39)29(38)28(37)26(15-35)42-31/h16-24,26-31,35,37-40H,4-15H2,1-3H3/t16-,17?,18+,19+,20-,21-,22-,23-,24-,26+,27-,28+,29-,30+,31+,32+,33-/m0/s1. The fourth-order valence-electron chi connectivity index (χ4n) is 11.8. The maximum atomic E-state index is 13.9. The Hall–Kier alpha value is -0.650. The summed E-state index contributed by atoms with van der Waals surface area (Å²) in [6.45, 7) is 8.49. The molecule has 1 unspecified atom stereocenters. The average Bonchev–Trinajstić information content (AvgIpc) is 3.33. The van der Waals surface area contributed by atoms with Crippen molar-refractivity contribution in [2.45, 2.75) is 127 Å². The van der Waals surface area contributed by atoms with E-state index in [-0.39, 0.29) is 23.5 Å². The van der Waals surface area contributed by atoms with E-state index in [1.54, 1.807) is 0 Å². The molecule has 3 aliphatic heterocycles. The Morgan fingerprint density at radius 3 is 2.45 bits per heavy atom. The molecule has 7 aliphatic rings. The van der Waals surface area contributed by atoms with Gasteiger partial charge < -0.3 is 35.0 Å². The first-order valence-electron chi connectivity index (χ1n) is 16.9. The lowest BCUT2D eigenvalue weighted by atomic mass is 9.51. The molecule has 0 aromatic rings. The number of ketones is 1. The van der Waals surface area contributed by atoms with Crippen molar-refractivity contribution in [3.05, 3.63) is 0 Å². The van der Waals surface area contributed by atoms with E-state index in [2.05, 4.69) is 25.7 Å². The van der Waals surface area contributed by atoms with Crippen LogP contribution in [0.2, 0.25) is 0 Å². The van der Waals surface area contributed by atoms with Crippen molar-refractivity contribution < 1.29 is 39.8 Å². The normalized spacial score (nSPS) is 57.9. The highest BCUT2D eigenvalue weighted by Gasteiger charge is 2.64. The Balaban J connectivity index is 1.07. The molecule has 0 aromatic heterocycles. The number of rotatable bonds is 3. The van der Waals surface area contributed by atoms with Crippen LogP contribution in [0.25, 0.3) is 0 Å². The van der Waals surface area contributed by atoms with E-state index in [1.165, 1.54) is 6.42 Å². The minimum absolute atomic E-state index is 0.0958. The summed E-state index contributed by atoms with van der Waals surface area (Å²) >= 11 is 0. The maximum absolute atomic E-state index is 13.9. The average molecular weight is 592 g/mol. The van der Waals surface area contributed by atoms with E-state index in [0.29, 0.717) is 60.1 Å². The molecule has 0 bridgehead atoms. The highest BCUT2D eigenvalue weighted by molar-refractivity contribution is 5.83. The predicted octanol–water partition coefficient (Wildman–Crippen LogP) is 1.71. The van der Waals surface area contributed by atoms with Gasteiger partial charge in [-0.25, -0.2) is 0 Å². The van der Waals surface area contributed by atoms with Crippen molar-refractivity contribution >= 4 is 5.78 Å². The minimum Gasteiger partial charge on any atom is -0.394 e. The van der Waals surface area contributed by atoms with Crippen LogP contribution in [0.5, 0.6) is 0 Å². The van der Waals surface area contributed by atoms with Gasteiger partial charge in [0.1, 0.15) is 30.2 Å². The van der Waals surface area contributed by atoms with Gasteiger partial charge in [0.05, 0.1) is 18.3 Å². The molecule has 7 rings (SSSR count). The SMILES string of the molecule is C[C@H]1CC[C@@H]2N(C1)C[C@H]1[C@@H]3C[C@H]4[C@@H](CC(=O)[C@@H]5CC(O[C@@H]6O[C@H](CO)[C@@H](O)[C@H](O)[C@H]6O)CC[C@@]54C)[C@@H]3CC[C@@H]1[C@]2(C)O. The van der Waals surface area contributed by atoms with Crippen LogP contribution in [0.1, 0.15) is 78.6 Å². The zero-order valence-electron chi connectivity index (χ0n) is 25.6. The van der Waals surface area contributed by atoms with E-state index in [4.69, 9.17) is 9.47 Å². The number of aliphatic hydroxyl groups excluding tert-OH is 4. The number of hydrogen-bond acceptors (Lipinski definition) is 9. The van der Waals surface area contributed by atoms with Crippen molar-refractivity contribution in [2.24, 2.45) is 52.8 Å². The van der Waals surface area contributed by atoms with Crippen LogP contribution < -0.4 is 0 Å². The predicted molar refractivity (Wildman–Crippen MR) is 153 cm³/mol. The van der Waals surface area contributed by atoms with E-state index in [9.17, 15) is 30.3 Å². The second kappa shape index (κ2) is 10.7. The number of ether oxygens (including phenoxy) is 2.